The highest BCUT2D eigenvalue weighted by Crippen LogP contribution is 2.12. The minimum absolute atomic E-state index is 1.22. The van der Waals surface area contributed by atoms with Crippen LogP contribution in [0.1, 0.15) is 110 Å². The molecule has 0 spiro atoms. The molecule has 20 heavy (non-hydrogen) atoms. The average Bonchev–Trinajstić information content (AvgIpc) is 2.47. The van der Waals surface area contributed by atoms with Gasteiger partial charge in [-0.3, -0.25) is 0 Å². The number of nitrogens with one attached hydrogen (secondary N) is 1. The molecule has 1 heteroatoms. The van der Waals surface area contributed by atoms with E-state index in [0.717, 1.165) is 0 Å². The third-order valence-corrected chi connectivity index (χ3v) is 4.16. The summed E-state index contributed by atoms with van der Waals surface area (Å²) in [5.41, 5.74) is 0. The van der Waals surface area contributed by atoms with E-state index in [4.69, 9.17) is 0 Å². The van der Waals surface area contributed by atoms with Gasteiger partial charge in [-0.25, -0.2) is 0 Å². The smallest absolute Gasteiger partial charge is 0.00489 e. The van der Waals surface area contributed by atoms with E-state index in [0.29, 0.717) is 0 Å². The van der Waals surface area contributed by atoms with E-state index in [1.54, 1.807) is 0 Å². The van der Waals surface area contributed by atoms with E-state index in [1.807, 2.05) is 0 Å². The van der Waals surface area contributed by atoms with Gasteiger partial charge in [-0.05, 0) is 25.9 Å². The predicted octanol–water partition coefficient (Wildman–Crippen LogP) is 6.47. The first-order valence-electron chi connectivity index (χ1n) is 9.62. The first-order chi connectivity index (χ1) is 9.91. The zero-order valence-electron chi connectivity index (χ0n) is 14.5. The van der Waals surface area contributed by atoms with Gasteiger partial charge in [0.1, 0.15) is 0 Å². The summed E-state index contributed by atoms with van der Waals surface area (Å²) in [4.78, 5) is 0. The van der Waals surface area contributed by atoms with Gasteiger partial charge in [-0.2, -0.15) is 0 Å². The molecule has 0 aliphatic carbocycles. The third-order valence-electron chi connectivity index (χ3n) is 4.16. The molecule has 0 aliphatic rings. The average molecular weight is 284 g/mol. The highest BCUT2D eigenvalue weighted by atomic mass is 14.8. The van der Waals surface area contributed by atoms with Crippen molar-refractivity contribution in [1.29, 1.82) is 0 Å². The van der Waals surface area contributed by atoms with Gasteiger partial charge in [0.15, 0.2) is 0 Å². The van der Waals surface area contributed by atoms with Crippen LogP contribution in [0.4, 0.5) is 0 Å². The third kappa shape index (κ3) is 18.0. The fourth-order valence-electron chi connectivity index (χ4n) is 2.69. The van der Waals surface area contributed by atoms with Crippen LogP contribution in [0.2, 0.25) is 0 Å². The second kappa shape index (κ2) is 19.0. The molecular weight excluding hydrogens is 242 g/mol. The SMILES string of the molecule is CCCCCCCCCCCCCCCNCCCC. The first-order valence-corrected chi connectivity index (χ1v) is 9.62. The maximum absolute atomic E-state index is 3.53. The Morgan fingerprint density at radius 1 is 0.400 bits per heavy atom. The van der Waals surface area contributed by atoms with Crippen LogP contribution in [0.5, 0.6) is 0 Å². The Hall–Kier alpha value is -0.0400. The quantitative estimate of drug-likeness (QED) is 0.302. The summed E-state index contributed by atoms with van der Waals surface area (Å²) < 4.78 is 0. The fourth-order valence-corrected chi connectivity index (χ4v) is 2.69. The Bertz CT molecular complexity index is 138. The highest BCUT2D eigenvalue weighted by Gasteiger charge is 1.93. The molecule has 0 saturated heterocycles. The lowest BCUT2D eigenvalue weighted by atomic mass is 10.0. The minimum atomic E-state index is 1.22. The van der Waals surface area contributed by atoms with Crippen molar-refractivity contribution in [2.24, 2.45) is 0 Å². The molecule has 0 unspecified atom stereocenters. The maximum Gasteiger partial charge on any atom is -0.00489 e. The lowest BCUT2D eigenvalue weighted by molar-refractivity contribution is 0.530. The van der Waals surface area contributed by atoms with Crippen LogP contribution in [0.3, 0.4) is 0 Å². The van der Waals surface area contributed by atoms with Crippen molar-refractivity contribution < 1.29 is 0 Å². The lowest BCUT2D eigenvalue weighted by Crippen LogP contribution is -2.16. The van der Waals surface area contributed by atoms with E-state index in [2.05, 4.69) is 19.2 Å². The molecule has 0 radical (unpaired) electrons. The van der Waals surface area contributed by atoms with Gasteiger partial charge in [0.2, 0.25) is 0 Å². The molecule has 0 saturated carbocycles. The number of rotatable bonds is 17. The molecule has 0 bridgehead atoms. The largest absolute Gasteiger partial charge is 0.317 e. The van der Waals surface area contributed by atoms with Crippen LogP contribution in [-0.4, -0.2) is 13.1 Å². The summed E-state index contributed by atoms with van der Waals surface area (Å²) in [6, 6.07) is 0. The fraction of sp³-hybridized carbons (Fsp3) is 1.00. The molecule has 0 fully saturated rings. The van der Waals surface area contributed by atoms with Crippen molar-refractivity contribution in [3.05, 3.63) is 0 Å². The molecule has 0 heterocycles. The van der Waals surface area contributed by atoms with Crippen molar-refractivity contribution in [2.45, 2.75) is 110 Å². The van der Waals surface area contributed by atoms with Crippen molar-refractivity contribution >= 4 is 0 Å². The second-order valence-electron chi connectivity index (χ2n) is 6.35. The van der Waals surface area contributed by atoms with Crippen molar-refractivity contribution in [3.8, 4) is 0 Å². The van der Waals surface area contributed by atoms with Gasteiger partial charge in [-0.1, -0.05) is 97.3 Å². The van der Waals surface area contributed by atoms with Crippen molar-refractivity contribution in [1.82, 2.24) is 5.32 Å². The predicted molar refractivity (Wildman–Crippen MR) is 93.5 cm³/mol. The van der Waals surface area contributed by atoms with Crippen LogP contribution >= 0.6 is 0 Å². The molecule has 0 amide bonds. The Balaban J connectivity index is 2.89. The van der Waals surface area contributed by atoms with Gasteiger partial charge < -0.3 is 5.32 Å². The van der Waals surface area contributed by atoms with Crippen LogP contribution in [0, 0.1) is 0 Å². The molecule has 0 aromatic rings. The Morgan fingerprint density at radius 2 is 0.750 bits per heavy atom. The zero-order valence-corrected chi connectivity index (χ0v) is 14.5. The highest BCUT2D eigenvalue weighted by molar-refractivity contribution is 4.51. The van der Waals surface area contributed by atoms with Crippen LogP contribution in [0.15, 0.2) is 0 Å². The van der Waals surface area contributed by atoms with E-state index in [9.17, 15) is 0 Å². The normalized spacial score (nSPS) is 11.1. The topological polar surface area (TPSA) is 12.0 Å². The molecular formula is C19H41N. The molecule has 0 rings (SSSR count). The standard InChI is InChI=1S/C19H41N/c1-3-5-7-8-9-10-11-12-13-14-15-16-17-19-20-18-6-4-2/h20H,3-19H2,1-2H3. The van der Waals surface area contributed by atoms with Crippen molar-refractivity contribution in [3.63, 3.8) is 0 Å². The van der Waals surface area contributed by atoms with Gasteiger partial charge in [0.05, 0.1) is 0 Å². The molecule has 0 aliphatic heterocycles. The number of hydrogen-bond acceptors (Lipinski definition) is 1. The number of hydrogen-bond donors (Lipinski definition) is 1. The lowest BCUT2D eigenvalue weighted by Gasteiger charge is -2.04. The zero-order chi connectivity index (χ0) is 14.7. The molecule has 1 nitrogen and oxygen atoms in total. The first kappa shape index (κ1) is 20.0. The Kier molecular flexibility index (Phi) is 18.9. The summed E-state index contributed by atoms with van der Waals surface area (Å²) in [7, 11) is 0. The van der Waals surface area contributed by atoms with Gasteiger partial charge in [-0.15, -0.1) is 0 Å². The molecule has 0 aromatic heterocycles. The van der Waals surface area contributed by atoms with Gasteiger partial charge >= 0.3 is 0 Å². The summed E-state index contributed by atoms with van der Waals surface area (Å²) in [6.07, 6.45) is 21.5. The van der Waals surface area contributed by atoms with E-state index < -0.39 is 0 Å². The molecule has 0 aromatic carbocycles. The summed E-state index contributed by atoms with van der Waals surface area (Å²) >= 11 is 0. The van der Waals surface area contributed by atoms with E-state index in [-0.39, 0.29) is 0 Å². The van der Waals surface area contributed by atoms with Crippen LogP contribution < -0.4 is 5.32 Å². The Labute approximate surface area is 129 Å². The number of unbranched alkanes of at least 4 members (excludes halogenated alkanes) is 13. The second-order valence-corrected chi connectivity index (χ2v) is 6.35. The van der Waals surface area contributed by atoms with Crippen molar-refractivity contribution in [2.75, 3.05) is 13.1 Å². The summed E-state index contributed by atoms with van der Waals surface area (Å²) in [5.74, 6) is 0. The van der Waals surface area contributed by atoms with Crippen LogP contribution in [0.25, 0.3) is 0 Å². The molecule has 1 N–H and O–H groups in total. The van der Waals surface area contributed by atoms with E-state index in [1.165, 1.54) is 109 Å². The molecule has 0 atom stereocenters. The van der Waals surface area contributed by atoms with E-state index >= 15 is 0 Å². The minimum Gasteiger partial charge on any atom is -0.317 e. The molecule has 122 valence electrons. The summed E-state index contributed by atoms with van der Waals surface area (Å²) in [5, 5.41) is 3.53. The maximum atomic E-state index is 3.53. The van der Waals surface area contributed by atoms with Gasteiger partial charge in [0.25, 0.3) is 0 Å². The summed E-state index contributed by atoms with van der Waals surface area (Å²) in [6.45, 7) is 7.00. The Morgan fingerprint density at radius 3 is 1.20 bits per heavy atom. The van der Waals surface area contributed by atoms with Gasteiger partial charge in [0, 0.05) is 0 Å². The monoisotopic (exact) mass is 283 g/mol. The van der Waals surface area contributed by atoms with Crippen LogP contribution in [-0.2, 0) is 0 Å².